The van der Waals surface area contributed by atoms with Crippen LogP contribution in [-0.2, 0) is 0 Å². The lowest BCUT2D eigenvalue weighted by atomic mass is 9.97. The number of hydrogen-bond acceptors (Lipinski definition) is 3. The molecule has 0 bridgehead atoms. The molecule has 0 spiro atoms. The fourth-order valence-corrected chi connectivity index (χ4v) is 4.23. The summed E-state index contributed by atoms with van der Waals surface area (Å²) in [4.78, 5) is 10.0. The number of guanidine groups is 1. The van der Waals surface area contributed by atoms with Crippen molar-refractivity contribution in [3.63, 3.8) is 0 Å². The SMILES string of the molecule is CCNC(=NCC1CCCN(C(C)C)C1)N1CCC(Oc2ccccc2)CC1.I. The lowest BCUT2D eigenvalue weighted by Crippen LogP contribution is -2.48. The van der Waals surface area contributed by atoms with Crippen molar-refractivity contribution in [2.45, 2.75) is 58.6 Å². The van der Waals surface area contributed by atoms with Gasteiger partial charge in [-0.3, -0.25) is 4.99 Å². The van der Waals surface area contributed by atoms with E-state index in [-0.39, 0.29) is 24.0 Å². The molecule has 3 rings (SSSR count). The van der Waals surface area contributed by atoms with Crippen molar-refractivity contribution in [2.75, 3.05) is 39.3 Å². The average molecular weight is 514 g/mol. The molecule has 2 saturated heterocycles. The van der Waals surface area contributed by atoms with Crippen LogP contribution in [0.25, 0.3) is 0 Å². The van der Waals surface area contributed by atoms with Crippen molar-refractivity contribution in [3.8, 4) is 5.75 Å². The van der Waals surface area contributed by atoms with Crippen molar-refractivity contribution in [1.82, 2.24) is 15.1 Å². The van der Waals surface area contributed by atoms with Gasteiger partial charge in [-0.05, 0) is 58.2 Å². The minimum absolute atomic E-state index is 0. The van der Waals surface area contributed by atoms with Crippen molar-refractivity contribution in [1.29, 1.82) is 0 Å². The van der Waals surface area contributed by atoms with E-state index in [9.17, 15) is 0 Å². The maximum absolute atomic E-state index is 6.14. The van der Waals surface area contributed by atoms with Gasteiger partial charge in [0.05, 0.1) is 0 Å². The van der Waals surface area contributed by atoms with Crippen molar-refractivity contribution < 1.29 is 4.74 Å². The highest BCUT2D eigenvalue weighted by Gasteiger charge is 2.24. The van der Waals surface area contributed by atoms with E-state index in [4.69, 9.17) is 9.73 Å². The predicted octanol–water partition coefficient (Wildman–Crippen LogP) is 4.23. The van der Waals surface area contributed by atoms with Gasteiger partial charge in [-0.2, -0.15) is 0 Å². The smallest absolute Gasteiger partial charge is 0.193 e. The van der Waals surface area contributed by atoms with E-state index >= 15 is 0 Å². The Morgan fingerprint density at radius 1 is 1.14 bits per heavy atom. The Kier molecular flexibility index (Phi) is 10.6. The Morgan fingerprint density at radius 2 is 1.86 bits per heavy atom. The molecule has 0 aliphatic carbocycles. The molecule has 1 unspecified atom stereocenters. The van der Waals surface area contributed by atoms with Crippen LogP contribution in [-0.4, -0.2) is 67.2 Å². The monoisotopic (exact) mass is 514 g/mol. The molecule has 1 aromatic carbocycles. The minimum atomic E-state index is 0. The number of nitrogens with one attached hydrogen (secondary N) is 1. The topological polar surface area (TPSA) is 40.1 Å². The lowest BCUT2D eigenvalue weighted by molar-refractivity contribution is 0.128. The van der Waals surface area contributed by atoms with Crippen LogP contribution in [0.1, 0.15) is 46.5 Å². The standard InChI is InChI=1S/C23H38N4O.HI/c1-4-24-23(25-17-20-9-8-14-27(18-20)19(2)3)26-15-12-22(13-16-26)28-21-10-6-5-7-11-21;/h5-7,10-11,19-20,22H,4,8-9,12-18H2,1-3H3,(H,24,25);1H. The summed E-state index contributed by atoms with van der Waals surface area (Å²) >= 11 is 0. The van der Waals surface area contributed by atoms with E-state index in [2.05, 4.69) is 35.9 Å². The molecule has 2 heterocycles. The summed E-state index contributed by atoms with van der Waals surface area (Å²) in [5.41, 5.74) is 0. The predicted molar refractivity (Wildman–Crippen MR) is 132 cm³/mol. The highest BCUT2D eigenvalue weighted by atomic mass is 127. The maximum atomic E-state index is 6.14. The highest BCUT2D eigenvalue weighted by Crippen LogP contribution is 2.20. The Bertz CT molecular complexity index is 602. The summed E-state index contributed by atoms with van der Waals surface area (Å²) in [6, 6.07) is 10.8. The first-order valence-corrected chi connectivity index (χ1v) is 11.1. The first-order chi connectivity index (χ1) is 13.7. The van der Waals surface area contributed by atoms with E-state index in [1.54, 1.807) is 0 Å². The number of rotatable bonds is 6. The van der Waals surface area contributed by atoms with Crippen LogP contribution in [0.4, 0.5) is 0 Å². The number of hydrogen-bond donors (Lipinski definition) is 1. The number of halogens is 1. The zero-order chi connectivity index (χ0) is 19.8. The molecular weight excluding hydrogens is 475 g/mol. The van der Waals surface area contributed by atoms with E-state index in [1.165, 1.54) is 25.9 Å². The van der Waals surface area contributed by atoms with Crippen LogP contribution in [0.3, 0.4) is 0 Å². The summed E-state index contributed by atoms with van der Waals surface area (Å²) in [5.74, 6) is 2.75. The lowest BCUT2D eigenvalue weighted by Gasteiger charge is -2.36. The second-order valence-electron chi connectivity index (χ2n) is 8.41. The molecule has 0 amide bonds. The molecule has 1 aromatic rings. The van der Waals surface area contributed by atoms with Gasteiger partial charge in [-0.25, -0.2) is 0 Å². The molecule has 0 saturated carbocycles. The van der Waals surface area contributed by atoms with Crippen molar-refractivity contribution in [2.24, 2.45) is 10.9 Å². The molecule has 0 aromatic heterocycles. The van der Waals surface area contributed by atoms with E-state index in [1.807, 2.05) is 30.3 Å². The summed E-state index contributed by atoms with van der Waals surface area (Å²) in [6.45, 7) is 13.1. The molecule has 1 N–H and O–H groups in total. The third kappa shape index (κ3) is 7.63. The fourth-order valence-electron chi connectivity index (χ4n) is 4.23. The van der Waals surface area contributed by atoms with Gasteiger partial charge in [0, 0.05) is 51.6 Å². The second-order valence-corrected chi connectivity index (χ2v) is 8.41. The minimum Gasteiger partial charge on any atom is -0.490 e. The van der Waals surface area contributed by atoms with E-state index in [0.29, 0.717) is 18.1 Å². The number of ether oxygens (including phenoxy) is 1. The number of piperidine rings is 2. The Morgan fingerprint density at radius 3 is 2.52 bits per heavy atom. The molecule has 164 valence electrons. The summed E-state index contributed by atoms with van der Waals surface area (Å²) < 4.78 is 6.14. The third-order valence-corrected chi connectivity index (χ3v) is 5.90. The van der Waals surface area contributed by atoms with Crippen LogP contribution >= 0.6 is 24.0 Å². The summed E-state index contributed by atoms with van der Waals surface area (Å²) in [6.07, 6.45) is 5.00. The molecule has 29 heavy (non-hydrogen) atoms. The van der Waals surface area contributed by atoms with E-state index < -0.39 is 0 Å². The van der Waals surface area contributed by atoms with E-state index in [0.717, 1.165) is 50.7 Å². The molecule has 1 atom stereocenters. The van der Waals surface area contributed by atoms with Gasteiger partial charge in [0.25, 0.3) is 0 Å². The summed E-state index contributed by atoms with van der Waals surface area (Å²) in [5, 5.41) is 3.51. The number of para-hydroxylation sites is 1. The second kappa shape index (κ2) is 12.6. The number of benzene rings is 1. The van der Waals surface area contributed by atoms with Gasteiger partial charge in [0.2, 0.25) is 0 Å². The van der Waals surface area contributed by atoms with Crippen LogP contribution in [0.2, 0.25) is 0 Å². The largest absolute Gasteiger partial charge is 0.490 e. The Labute approximate surface area is 194 Å². The quantitative estimate of drug-likeness (QED) is 0.351. The fraction of sp³-hybridized carbons (Fsp3) is 0.696. The normalized spacial score (nSPS) is 21.7. The Hall–Kier alpha value is -1.02. The number of likely N-dealkylation sites (tertiary alicyclic amines) is 2. The molecule has 5 nitrogen and oxygen atoms in total. The molecule has 2 fully saturated rings. The number of nitrogens with zero attached hydrogens (tertiary/aromatic N) is 3. The molecular formula is C23H39IN4O. The molecule has 2 aliphatic rings. The van der Waals surface area contributed by atoms with Crippen molar-refractivity contribution >= 4 is 29.9 Å². The molecule has 6 heteroatoms. The van der Waals surface area contributed by atoms with Gasteiger partial charge in [0.1, 0.15) is 11.9 Å². The highest BCUT2D eigenvalue weighted by molar-refractivity contribution is 14.0. The first kappa shape index (κ1) is 24.3. The van der Waals surface area contributed by atoms with Gasteiger partial charge in [-0.1, -0.05) is 18.2 Å². The van der Waals surface area contributed by atoms with Gasteiger partial charge in [0.15, 0.2) is 5.96 Å². The number of aliphatic imine (C=N–C) groups is 1. The average Bonchev–Trinajstić information content (AvgIpc) is 2.73. The summed E-state index contributed by atoms with van der Waals surface area (Å²) in [7, 11) is 0. The molecule has 0 radical (unpaired) electrons. The van der Waals surface area contributed by atoms with Crippen LogP contribution < -0.4 is 10.1 Å². The van der Waals surface area contributed by atoms with Crippen LogP contribution in [0, 0.1) is 5.92 Å². The third-order valence-electron chi connectivity index (χ3n) is 5.90. The van der Waals surface area contributed by atoms with Gasteiger partial charge in [-0.15, -0.1) is 24.0 Å². The first-order valence-electron chi connectivity index (χ1n) is 11.1. The van der Waals surface area contributed by atoms with Gasteiger partial charge >= 0.3 is 0 Å². The van der Waals surface area contributed by atoms with Crippen LogP contribution in [0.5, 0.6) is 5.75 Å². The van der Waals surface area contributed by atoms with Crippen molar-refractivity contribution in [3.05, 3.63) is 30.3 Å². The van der Waals surface area contributed by atoms with Gasteiger partial charge < -0.3 is 19.9 Å². The van der Waals surface area contributed by atoms with Crippen LogP contribution in [0.15, 0.2) is 35.3 Å². The molecule has 2 aliphatic heterocycles. The Balaban J connectivity index is 0.00000300. The zero-order valence-corrected chi connectivity index (χ0v) is 20.7. The zero-order valence-electron chi connectivity index (χ0n) is 18.3. The maximum Gasteiger partial charge on any atom is 0.193 e.